The highest BCUT2D eigenvalue weighted by atomic mass is 16.5. The number of ether oxygens (including phenoxy) is 1. The third kappa shape index (κ3) is 1.84. The highest BCUT2D eigenvalue weighted by molar-refractivity contribution is 5.98. The second-order valence-electron chi connectivity index (χ2n) is 4.83. The number of aromatic nitrogens is 1. The van der Waals surface area contributed by atoms with E-state index in [1.54, 1.807) is 25.4 Å². The maximum atomic E-state index is 12.2. The minimum atomic E-state index is -0.0530. The van der Waals surface area contributed by atoms with Crippen LogP contribution in [0.3, 0.4) is 0 Å². The molecule has 1 saturated carbocycles. The van der Waals surface area contributed by atoms with Gasteiger partial charge in [-0.05, 0) is 25.0 Å². The van der Waals surface area contributed by atoms with Crippen LogP contribution in [-0.4, -0.2) is 36.7 Å². The maximum Gasteiger partial charge on any atom is 0.255 e. The molecule has 0 aromatic carbocycles. The Hall–Kier alpha value is -1.62. The highest BCUT2D eigenvalue weighted by Gasteiger charge is 2.45. The molecule has 1 aromatic heterocycles. The number of hydrogen-bond donors (Lipinski definition) is 2. The van der Waals surface area contributed by atoms with Crippen LogP contribution in [0.5, 0.6) is 0 Å². The molecule has 2 fully saturated rings. The minimum absolute atomic E-state index is 0.0530. The molecule has 0 spiro atoms. The lowest BCUT2D eigenvalue weighted by Crippen LogP contribution is -2.53. The van der Waals surface area contributed by atoms with Crippen molar-refractivity contribution in [1.82, 2.24) is 10.3 Å². The van der Waals surface area contributed by atoms with Crippen molar-refractivity contribution >= 4 is 11.7 Å². The molecule has 3 atom stereocenters. The molecule has 1 saturated heterocycles. The number of fused-ring (bicyclic) bond motifs is 1. The molecule has 2 N–H and O–H groups in total. The molecule has 1 aliphatic carbocycles. The first-order valence-electron chi connectivity index (χ1n) is 6.35. The largest absolute Gasteiger partial charge is 0.378 e. The van der Waals surface area contributed by atoms with Crippen LogP contribution in [0.15, 0.2) is 18.3 Å². The molecule has 1 aromatic rings. The van der Waals surface area contributed by atoms with Crippen LogP contribution in [0, 0.1) is 5.92 Å². The molecule has 5 nitrogen and oxygen atoms in total. The molecule has 0 radical (unpaired) electrons. The molecular formula is C13H17N3O2. The Morgan fingerprint density at radius 3 is 3.22 bits per heavy atom. The van der Waals surface area contributed by atoms with Gasteiger partial charge < -0.3 is 15.4 Å². The van der Waals surface area contributed by atoms with Gasteiger partial charge in [0.2, 0.25) is 0 Å². The number of amides is 1. The fraction of sp³-hybridized carbons (Fsp3) is 0.538. The number of nitrogens with one attached hydrogen (secondary N) is 2. The van der Waals surface area contributed by atoms with E-state index in [2.05, 4.69) is 15.6 Å². The lowest BCUT2D eigenvalue weighted by Gasteiger charge is -2.39. The lowest BCUT2D eigenvalue weighted by atomic mass is 9.76. The first-order chi connectivity index (χ1) is 8.79. The predicted octanol–water partition coefficient (Wildman–Crippen LogP) is 1.03. The van der Waals surface area contributed by atoms with Crippen LogP contribution >= 0.6 is 0 Å². The molecule has 96 valence electrons. The van der Waals surface area contributed by atoms with Gasteiger partial charge in [-0.25, -0.2) is 4.98 Å². The van der Waals surface area contributed by atoms with E-state index in [9.17, 15) is 4.79 Å². The summed E-state index contributed by atoms with van der Waals surface area (Å²) in [6.07, 6.45) is 4.04. The Bertz CT molecular complexity index is 463. The standard InChI is InChI=1S/C13H17N3O2/c1-14-12-9(3-2-5-15-12)13(17)16-10-7-11-8(10)4-6-18-11/h2-3,5,8,10-11H,4,6-7H2,1H3,(H,14,15)(H,16,17)/t8-,10+,11+/m0/s1. The second-order valence-corrected chi connectivity index (χ2v) is 4.83. The minimum Gasteiger partial charge on any atom is -0.378 e. The molecule has 18 heavy (non-hydrogen) atoms. The van der Waals surface area contributed by atoms with Crippen LogP contribution < -0.4 is 10.6 Å². The van der Waals surface area contributed by atoms with E-state index in [1.807, 2.05) is 0 Å². The first kappa shape index (κ1) is 11.5. The van der Waals surface area contributed by atoms with E-state index < -0.39 is 0 Å². The van der Waals surface area contributed by atoms with E-state index in [1.165, 1.54) is 0 Å². The summed E-state index contributed by atoms with van der Waals surface area (Å²) in [7, 11) is 1.77. The third-order valence-electron chi connectivity index (χ3n) is 3.87. The van der Waals surface area contributed by atoms with Crippen molar-refractivity contribution in [2.24, 2.45) is 5.92 Å². The van der Waals surface area contributed by atoms with Crippen LogP contribution in [0.25, 0.3) is 0 Å². The number of nitrogens with zero attached hydrogens (tertiary/aromatic N) is 1. The molecule has 3 rings (SSSR count). The molecule has 2 aliphatic rings. The van der Waals surface area contributed by atoms with Crippen molar-refractivity contribution < 1.29 is 9.53 Å². The van der Waals surface area contributed by atoms with Crippen molar-refractivity contribution in [2.75, 3.05) is 19.0 Å². The van der Waals surface area contributed by atoms with Gasteiger partial charge in [0, 0.05) is 31.8 Å². The Kier molecular flexibility index (Phi) is 2.91. The molecule has 1 aliphatic heterocycles. The Morgan fingerprint density at radius 2 is 2.44 bits per heavy atom. The van der Waals surface area contributed by atoms with Crippen molar-refractivity contribution in [2.45, 2.75) is 25.0 Å². The smallest absolute Gasteiger partial charge is 0.255 e. The summed E-state index contributed by atoms with van der Waals surface area (Å²) in [5.74, 6) is 1.07. The van der Waals surface area contributed by atoms with Gasteiger partial charge in [-0.3, -0.25) is 4.79 Å². The number of carbonyl (C=O) groups is 1. The van der Waals surface area contributed by atoms with Gasteiger partial charge in [0.05, 0.1) is 11.7 Å². The lowest BCUT2D eigenvalue weighted by molar-refractivity contribution is 0.00811. The number of anilines is 1. The van der Waals surface area contributed by atoms with Gasteiger partial charge in [0.1, 0.15) is 5.82 Å². The normalized spacial score (nSPS) is 29.3. The van der Waals surface area contributed by atoms with Crippen molar-refractivity contribution in [3.05, 3.63) is 23.9 Å². The summed E-state index contributed by atoms with van der Waals surface area (Å²) < 4.78 is 5.54. The average molecular weight is 247 g/mol. The molecular weight excluding hydrogens is 230 g/mol. The second kappa shape index (κ2) is 4.57. The van der Waals surface area contributed by atoms with E-state index >= 15 is 0 Å². The monoisotopic (exact) mass is 247 g/mol. The van der Waals surface area contributed by atoms with Crippen molar-refractivity contribution in [3.8, 4) is 0 Å². The molecule has 0 bridgehead atoms. The number of carbonyl (C=O) groups excluding carboxylic acids is 1. The van der Waals surface area contributed by atoms with E-state index in [0.717, 1.165) is 19.4 Å². The van der Waals surface area contributed by atoms with E-state index in [-0.39, 0.29) is 11.9 Å². The first-order valence-corrected chi connectivity index (χ1v) is 6.35. The fourth-order valence-electron chi connectivity index (χ4n) is 2.80. The van der Waals surface area contributed by atoms with E-state index in [0.29, 0.717) is 23.4 Å². The zero-order chi connectivity index (χ0) is 12.5. The predicted molar refractivity (Wildman–Crippen MR) is 67.5 cm³/mol. The fourth-order valence-corrected chi connectivity index (χ4v) is 2.80. The molecule has 2 heterocycles. The van der Waals surface area contributed by atoms with Crippen LogP contribution in [-0.2, 0) is 4.74 Å². The summed E-state index contributed by atoms with van der Waals surface area (Å²) in [5, 5.41) is 6.02. The summed E-state index contributed by atoms with van der Waals surface area (Å²) in [4.78, 5) is 16.3. The molecule has 0 unspecified atom stereocenters. The molecule has 5 heteroatoms. The number of rotatable bonds is 3. The maximum absolute atomic E-state index is 12.2. The van der Waals surface area contributed by atoms with Crippen LogP contribution in [0.2, 0.25) is 0 Å². The summed E-state index contributed by atoms with van der Waals surface area (Å²) >= 11 is 0. The SMILES string of the molecule is CNc1ncccc1C(=O)N[C@@H]1C[C@H]2OCC[C@@H]12. The summed E-state index contributed by atoms with van der Waals surface area (Å²) in [5.41, 5.74) is 0.599. The van der Waals surface area contributed by atoms with Crippen molar-refractivity contribution in [1.29, 1.82) is 0 Å². The van der Waals surface area contributed by atoms with Gasteiger partial charge in [-0.1, -0.05) is 0 Å². The Morgan fingerprint density at radius 1 is 1.56 bits per heavy atom. The van der Waals surface area contributed by atoms with Crippen molar-refractivity contribution in [3.63, 3.8) is 0 Å². The highest BCUT2D eigenvalue weighted by Crippen LogP contribution is 2.38. The van der Waals surface area contributed by atoms with Gasteiger partial charge in [0.15, 0.2) is 0 Å². The summed E-state index contributed by atoms with van der Waals surface area (Å²) in [6, 6.07) is 3.82. The average Bonchev–Trinajstić information content (AvgIpc) is 2.77. The Labute approximate surface area is 106 Å². The van der Waals surface area contributed by atoms with E-state index in [4.69, 9.17) is 4.74 Å². The molecule has 1 amide bonds. The third-order valence-corrected chi connectivity index (χ3v) is 3.87. The topological polar surface area (TPSA) is 63.2 Å². The van der Waals surface area contributed by atoms with Gasteiger partial charge in [-0.2, -0.15) is 0 Å². The van der Waals surface area contributed by atoms with Gasteiger partial charge in [-0.15, -0.1) is 0 Å². The number of pyridine rings is 1. The zero-order valence-electron chi connectivity index (χ0n) is 10.3. The summed E-state index contributed by atoms with van der Waals surface area (Å²) in [6.45, 7) is 0.830. The quantitative estimate of drug-likeness (QED) is 0.837. The van der Waals surface area contributed by atoms with Crippen LogP contribution in [0.1, 0.15) is 23.2 Å². The zero-order valence-corrected chi connectivity index (χ0v) is 10.3. The van der Waals surface area contributed by atoms with Gasteiger partial charge in [0.25, 0.3) is 5.91 Å². The van der Waals surface area contributed by atoms with Gasteiger partial charge >= 0.3 is 0 Å². The number of hydrogen-bond acceptors (Lipinski definition) is 4. The Balaban J connectivity index is 1.68. The van der Waals surface area contributed by atoms with Crippen LogP contribution in [0.4, 0.5) is 5.82 Å².